The molecule has 0 fully saturated rings. The number of phenols is 1. The van der Waals surface area contributed by atoms with Crippen molar-refractivity contribution in [1.29, 1.82) is 0 Å². The highest BCUT2D eigenvalue weighted by molar-refractivity contribution is 14.1. The number of halogens is 2. The minimum absolute atomic E-state index is 0.171. The Morgan fingerprint density at radius 3 is 2.57 bits per heavy atom. The number of carbonyl (C=O) groups is 1. The lowest BCUT2D eigenvalue weighted by Gasteiger charge is -2.14. The Kier molecular flexibility index (Phi) is 8.99. The number of aromatic hydroxyl groups is 1. The third-order valence-corrected chi connectivity index (χ3v) is 5.48. The molecule has 2 aromatic rings. The highest BCUT2D eigenvalue weighted by atomic mass is 127. The summed E-state index contributed by atoms with van der Waals surface area (Å²) in [6, 6.07) is 8.01. The first-order valence-corrected chi connectivity index (χ1v) is 10.7. The average molecular weight is 609 g/mol. The van der Waals surface area contributed by atoms with E-state index >= 15 is 0 Å². The van der Waals surface area contributed by atoms with Crippen molar-refractivity contribution in [3.8, 4) is 17.2 Å². The first kappa shape index (κ1) is 22.9. The van der Waals surface area contributed by atoms with Gasteiger partial charge in [0.25, 0.3) is 0 Å². The molecule has 0 heterocycles. The van der Waals surface area contributed by atoms with Gasteiger partial charge in [0, 0.05) is 25.7 Å². The number of hydrogen-bond acceptors (Lipinski definition) is 5. The highest BCUT2D eigenvalue weighted by Crippen LogP contribution is 2.35. The fourth-order valence-electron chi connectivity index (χ4n) is 2.44. The molecular weight excluding hydrogens is 588 g/mol. The Morgan fingerprint density at radius 1 is 1.29 bits per heavy atom. The maximum absolute atomic E-state index is 10.9. The average Bonchev–Trinajstić information content (AvgIpc) is 2.63. The molecule has 0 aliphatic heterocycles. The minimum Gasteiger partial charge on any atom is -0.544 e. The van der Waals surface area contributed by atoms with Gasteiger partial charge in [-0.3, -0.25) is 0 Å². The number of phenolic OH excluding ortho intramolecular Hbond substituents is 1. The van der Waals surface area contributed by atoms with Gasteiger partial charge in [-0.1, -0.05) is 12.2 Å². The standard InChI is InChI=1S/C20H21I2NO5/c1-27-7-3-2-4-13-11-14(5-6-18(13)24)28-19-15(21)8-12(9-16(19)22)10-17(23)20(25)26/h2,4-6,8-9,11,17,24H,3,7,10,23H2,1H3,(H,25,26)/b4-2+. The number of ether oxygens (including phenoxy) is 2. The number of aliphatic carboxylic acids is 1. The van der Waals surface area contributed by atoms with E-state index in [1.165, 1.54) is 0 Å². The van der Waals surface area contributed by atoms with E-state index in [1.54, 1.807) is 25.3 Å². The van der Waals surface area contributed by atoms with Crippen molar-refractivity contribution in [2.45, 2.75) is 18.9 Å². The third-order valence-electron chi connectivity index (χ3n) is 3.88. The molecule has 0 aliphatic rings. The number of benzene rings is 2. The van der Waals surface area contributed by atoms with Crippen LogP contribution in [0.15, 0.2) is 36.4 Å². The molecule has 0 saturated carbocycles. The highest BCUT2D eigenvalue weighted by Gasteiger charge is 2.14. The van der Waals surface area contributed by atoms with Crippen LogP contribution in [0.2, 0.25) is 0 Å². The molecular formula is C20H21I2NO5. The molecule has 1 unspecified atom stereocenters. The van der Waals surface area contributed by atoms with Gasteiger partial charge in [0.15, 0.2) is 5.75 Å². The molecule has 4 N–H and O–H groups in total. The number of carboxylic acids is 1. The number of hydrogen-bond donors (Lipinski definition) is 2. The van der Waals surface area contributed by atoms with E-state index in [-0.39, 0.29) is 5.75 Å². The Hall–Kier alpha value is -1.37. The monoisotopic (exact) mass is 609 g/mol. The molecule has 0 saturated heterocycles. The lowest BCUT2D eigenvalue weighted by molar-refractivity contribution is -0.437. The van der Waals surface area contributed by atoms with Crippen molar-refractivity contribution in [2.24, 2.45) is 0 Å². The van der Waals surface area contributed by atoms with E-state index < -0.39 is 12.0 Å². The van der Waals surface area contributed by atoms with Gasteiger partial charge >= 0.3 is 0 Å². The van der Waals surface area contributed by atoms with E-state index in [4.69, 9.17) is 9.47 Å². The summed E-state index contributed by atoms with van der Waals surface area (Å²) >= 11 is 4.32. The van der Waals surface area contributed by atoms with Gasteiger partial charge in [0.05, 0.1) is 13.1 Å². The predicted molar refractivity (Wildman–Crippen MR) is 121 cm³/mol. The molecule has 8 heteroatoms. The largest absolute Gasteiger partial charge is 0.544 e. The molecule has 6 nitrogen and oxygen atoms in total. The zero-order valence-electron chi connectivity index (χ0n) is 15.3. The smallest absolute Gasteiger partial charge is 0.154 e. The number of rotatable bonds is 9. The van der Waals surface area contributed by atoms with Crippen molar-refractivity contribution in [3.63, 3.8) is 0 Å². The Morgan fingerprint density at radius 2 is 1.96 bits per heavy atom. The number of quaternary nitrogens is 1. The second-order valence-electron chi connectivity index (χ2n) is 6.12. The molecule has 0 bridgehead atoms. The molecule has 0 radical (unpaired) electrons. The van der Waals surface area contributed by atoms with Crippen LogP contribution in [0.3, 0.4) is 0 Å². The molecule has 1 atom stereocenters. The fourth-order valence-corrected chi connectivity index (χ4v) is 4.56. The zero-order valence-corrected chi connectivity index (χ0v) is 19.6. The molecule has 0 spiro atoms. The van der Waals surface area contributed by atoms with Gasteiger partial charge in [-0.15, -0.1) is 0 Å². The van der Waals surface area contributed by atoms with Crippen LogP contribution >= 0.6 is 45.2 Å². The van der Waals surface area contributed by atoms with Crippen LogP contribution < -0.4 is 15.6 Å². The summed E-state index contributed by atoms with van der Waals surface area (Å²) in [6.07, 6.45) is 4.80. The van der Waals surface area contributed by atoms with Crippen molar-refractivity contribution in [3.05, 3.63) is 54.7 Å². The Labute approximate surface area is 191 Å². The second kappa shape index (κ2) is 11.0. The van der Waals surface area contributed by atoms with Crippen molar-refractivity contribution < 1.29 is 30.2 Å². The SMILES string of the molecule is COCC/C=C/c1cc(Oc2c(I)cc(CC([NH3+])C(=O)[O-])cc2I)ccc1O. The van der Waals surface area contributed by atoms with Crippen LogP contribution in [0.25, 0.3) is 6.08 Å². The van der Waals surface area contributed by atoms with E-state index in [0.717, 1.165) is 19.1 Å². The quantitative estimate of drug-likeness (QED) is 0.336. The molecule has 0 amide bonds. The van der Waals surface area contributed by atoms with Gasteiger partial charge < -0.3 is 30.2 Å². The summed E-state index contributed by atoms with van der Waals surface area (Å²) in [6.45, 7) is 0.613. The van der Waals surface area contributed by atoms with E-state index in [9.17, 15) is 15.0 Å². The van der Waals surface area contributed by atoms with E-state index in [0.29, 0.717) is 30.1 Å². The van der Waals surface area contributed by atoms with Crippen LogP contribution in [0.5, 0.6) is 17.2 Å². The molecule has 150 valence electrons. The second-order valence-corrected chi connectivity index (χ2v) is 8.44. The van der Waals surface area contributed by atoms with Crippen LogP contribution in [0.1, 0.15) is 17.5 Å². The van der Waals surface area contributed by atoms with Gasteiger partial charge in [0.2, 0.25) is 0 Å². The van der Waals surface area contributed by atoms with E-state index in [2.05, 4.69) is 50.9 Å². The summed E-state index contributed by atoms with van der Waals surface area (Å²) in [5.41, 5.74) is 5.12. The molecule has 2 aromatic carbocycles. The molecule has 0 aromatic heterocycles. The number of methoxy groups -OCH3 is 1. The van der Waals surface area contributed by atoms with Gasteiger partial charge in [-0.2, -0.15) is 0 Å². The first-order valence-electron chi connectivity index (χ1n) is 8.50. The Bertz CT molecular complexity index is 847. The molecule has 28 heavy (non-hydrogen) atoms. The first-order chi connectivity index (χ1) is 13.3. The minimum atomic E-state index is -1.17. The summed E-state index contributed by atoms with van der Waals surface area (Å²) in [7, 11) is 1.64. The van der Waals surface area contributed by atoms with Crippen molar-refractivity contribution >= 4 is 57.2 Å². The predicted octanol–water partition coefficient (Wildman–Crippen LogP) is 2.35. The van der Waals surface area contributed by atoms with Crippen LogP contribution in [-0.4, -0.2) is 30.8 Å². The molecule has 2 rings (SSSR count). The lowest BCUT2D eigenvalue weighted by Crippen LogP contribution is -2.69. The van der Waals surface area contributed by atoms with Gasteiger partial charge in [0.1, 0.15) is 17.5 Å². The van der Waals surface area contributed by atoms with Crippen molar-refractivity contribution in [2.75, 3.05) is 13.7 Å². The summed E-state index contributed by atoms with van der Waals surface area (Å²) < 4.78 is 12.8. The molecule has 0 aliphatic carbocycles. The lowest BCUT2D eigenvalue weighted by atomic mass is 10.1. The third kappa shape index (κ3) is 6.61. The van der Waals surface area contributed by atoms with Crippen LogP contribution in [-0.2, 0) is 16.0 Å². The maximum Gasteiger partial charge on any atom is 0.154 e. The van der Waals surface area contributed by atoms with Crippen LogP contribution in [0, 0.1) is 7.14 Å². The normalized spacial score (nSPS) is 12.3. The summed E-state index contributed by atoms with van der Waals surface area (Å²) in [5.74, 6) is 0.279. The van der Waals surface area contributed by atoms with Crippen molar-refractivity contribution in [1.82, 2.24) is 0 Å². The van der Waals surface area contributed by atoms with E-state index in [1.807, 2.05) is 24.3 Å². The Balaban J connectivity index is 2.21. The van der Waals surface area contributed by atoms with Gasteiger partial charge in [-0.25, -0.2) is 0 Å². The number of carboxylic acid groups (broad SMARTS) is 1. The van der Waals surface area contributed by atoms with Crippen LogP contribution in [0.4, 0.5) is 0 Å². The fraction of sp³-hybridized carbons (Fsp3) is 0.250. The zero-order chi connectivity index (χ0) is 20.7. The summed E-state index contributed by atoms with van der Waals surface area (Å²) in [5, 5.41) is 20.9. The maximum atomic E-state index is 10.9. The summed E-state index contributed by atoms with van der Waals surface area (Å²) in [4.78, 5) is 10.9. The van der Waals surface area contributed by atoms with Gasteiger partial charge in [-0.05, 0) is 87.5 Å². The topological polar surface area (TPSA) is 106 Å². The number of carbonyl (C=O) groups excluding carboxylic acids is 1.